The van der Waals surface area contributed by atoms with Gasteiger partial charge in [-0.2, -0.15) is 0 Å². The van der Waals surface area contributed by atoms with Gasteiger partial charge in [0.25, 0.3) is 10.0 Å². The number of carbonyl (C=O) groups excluding carboxylic acids is 1. The Morgan fingerprint density at radius 2 is 1.63 bits per heavy atom. The molecular formula is C18H17N5O3S. The fourth-order valence-corrected chi connectivity index (χ4v) is 3.91. The van der Waals surface area contributed by atoms with E-state index >= 15 is 0 Å². The molecule has 1 amide bonds. The number of piperazine rings is 1. The number of hydrogen-bond donors (Lipinski definition) is 2. The molecule has 1 saturated heterocycles. The SMILES string of the molecule is O=C1CN(c2nc3ccccc3nc2NS(=O)(=O)c2ccccc2)CCN1. The third-order valence-corrected chi connectivity index (χ3v) is 5.53. The number of benzene rings is 2. The predicted octanol–water partition coefficient (Wildman–Crippen LogP) is 1.37. The minimum Gasteiger partial charge on any atom is -0.353 e. The van der Waals surface area contributed by atoms with Gasteiger partial charge in [-0.1, -0.05) is 30.3 Å². The van der Waals surface area contributed by atoms with Crippen LogP contribution in [-0.2, 0) is 14.8 Å². The molecule has 0 bridgehead atoms. The number of nitrogens with one attached hydrogen (secondary N) is 2. The minimum atomic E-state index is -3.84. The van der Waals surface area contributed by atoms with Crippen molar-refractivity contribution in [2.75, 3.05) is 29.3 Å². The van der Waals surface area contributed by atoms with Gasteiger partial charge in [-0.25, -0.2) is 18.4 Å². The highest BCUT2D eigenvalue weighted by Gasteiger charge is 2.25. The second-order valence-electron chi connectivity index (χ2n) is 6.07. The van der Waals surface area contributed by atoms with E-state index < -0.39 is 10.0 Å². The smallest absolute Gasteiger partial charge is 0.263 e. The van der Waals surface area contributed by atoms with E-state index in [9.17, 15) is 13.2 Å². The molecule has 4 rings (SSSR count). The van der Waals surface area contributed by atoms with Crippen molar-refractivity contribution in [1.82, 2.24) is 15.3 Å². The van der Waals surface area contributed by atoms with E-state index in [2.05, 4.69) is 20.0 Å². The molecule has 1 fully saturated rings. The average molecular weight is 383 g/mol. The van der Waals surface area contributed by atoms with Crippen LogP contribution in [0.25, 0.3) is 11.0 Å². The second kappa shape index (κ2) is 6.84. The molecule has 0 atom stereocenters. The number of anilines is 2. The molecule has 2 heterocycles. The quantitative estimate of drug-likeness (QED) is 0.705. The summed E-state index contributed by atoms with van der Waals surface area (Å²) in [5.74, 6) is 0.295. The lowest BCUT2D eigenvalue weighted by Gasteiger charge is -2.29. The van der Waals surface area contributed by atoms with Crippen molar-refractivity contribution in [3.63, 3.8) is 0 Å². The summed E-state index contributed by atoms with van der Waals surface area (Å²) in [5, 5.41) is 2.75. The Morgan fingerprint density at radius 1 is 0.963 bits per heavy atom. The van der Waals surface area contributed by atoms with Gasteiger partial charge in [0, 0.05) is 13.1 Å². The lowest BCUT2D eigenvalue weighted by molar-refractivity contribution is -0.120. The Morgan fingerprint density at radius 3 is 2.33 bits per heavy atom. The first-order chi connectivity index (χ1) is 13.0. The zero-order valence-corrected chi connectivity index (χ0v) is 15.1. The number of hydrogen-bond acceptors (Lipinski definition) is 6. The third kappa shape index (κ3) is 3.54. The zero-order chi connectivity index (χ0) is 18.9. The lowest BCUT2D eigenvalue weighted by atomic mass is 10.3. The van der Waals surface area contributed by atoms with Crippen LogP contribution >= 0.6 is 0 Å². The van der Waals surface area contributed by atoms with Crippen molar-refractivity contribution in [2.24, 2.45) is 0 Å². The summed E-state index contributed by atoms with van der Waals surface area (Å²) >= 11 is 0. The number of carbonyl (C=O) groups is 1. The van der Waals surface area contributed by atoms with Gasteiger partial charge in [-0.05, 0) is 24.3 Å². The number of fused-ring (bicyclic) bond motifs is 1. The highest BCUT2D eigenvalue weighted by Crippen LogP contribution is 2.27. The highest BCUT2D eigenvalue weighted by molar-refractivity contribution is 7.92. The number of aromatic nitrogens is 2. The van der Waals surface area contributed by atoms with Gasteiger partial charge >= 0.3 is 0 Å². The molecule has 1 aliphatic rings. The Bertz CT molecular complexity index is 1100. The molecule has 1 aromatic heterocycles. The topological polar surface area (TPSA) is 104 Å². The molecule has 0 unspecified atom stereocenters. The number of amides is 1. The molecule has 2 N–H and O–H groups in total. The van der Waals surface area contributed by atoms with Crippen LogP contribution in [0.15, 0.2) is 59.5 Å². The van der Waals surface area contributed by atoms with Crippen LogP contribution in [0.2, 0.25) is 0 Å². The second-order valence-corrected chi connectivity index (χ2v) is 7.76. The Kier molecular flexibility index (Phi) is 4.36. The Balaban J connectivity index is 1.80. The van der Waals surface area contributed by atoms with Crippen molar-refractivity contribution >= 4 is 38.6 Å². The van der Waals surface area contributed by atoms with Gasteiger partial charge < -0.3 is 10.2 Å². The predicted molar refractivity (Wildman–Crippen MR) is 102 cm³/mol. The maximum Gasteiger partial charge on any atom is 0.263 e. The maximum absolute atomic E-state index is 12.8. The van der Waals surface area contributed by atoms with Gasteiger partial charge in [0.15, 0.2) is 11.6 Å². The van der Waals surface area contributed by atoms with E-state index in [-0.39, 0.29) is 23.2 Å². The largest absolute Gasteiger partial charge is 0.353 e. The number of para-hydroxylation sites is 2. The van der Waals surface area contributed by atoms with Gasteiger partial charge in [0.1, 0.15) is 0 Å². The van der Waals surface area contributed by atoms with E-state index in [1.807, 2.05) is 6.07 Å². The van der Waals surface area contributed by atoms with Crippen LogP contribution in [0.4, 0.5) is 11.6 Å². The van der Waals surface area contributed by atoms with Gasteiger partial charge in [-0.3, -0.25) is 9.52 Å². The van der Waals surface area contributed by atoms with Crippen LogP contribution in [0.5, 0.6) is 0 Å². The Hall–Kier alpha value is -3.20. The van der Waals surface area contributed by atoms with E-state index in [0.29, 0.717) is 29.9 Å². The van der Waals surface area contributed by atoms with E-state index in [4.69, 9.17) is 0 Å². The van der Waals surface area contributed by atoms with E-state index in [0.717, 1.165) is 0 Å². The fraction of sp³-hybridized carbons (Fsp3) is 0.167. The van der Waals surface area contributed by atoms with Crippen molar-refractivity contribution in [1.29, 1.82) is 0 Å². The highest BCUT2D eigenvalue weighted by atomic mass is 32.2. The molecule has 2 aromatic carbocycles. The first-order valence-corrected chi connectivity index (χ1v) is 9.87. The Labute approximate surface area is 156 Å². The van der Waals surface area contributed by atoms with Crippen LogP contribution < -0.4 is 14.9 Å². The number of rotatable bonds is 4. The van der Waals surface area contributed by atoms with Gasteiger partial charge in [0.2, 0.25) is 5.91 Å². The molecule has 138 valence electrons. The van der Waals surface area contributed by atoms with Crippen molar-refractivity contribution < 1.29 is 13.2 Å². The molecule has 1 aliphatic heterocycles. The molecule has 0 spiro atoms. The van der Waals surface area contributed by atoms with Crippen molar-refractivity contribution in [3.05, 3.63) is 54.6 Å². The summed E-state index contributed by atoms with van der Waals surface area (Å²) in [7, 11) is -3.84. The summed E-state index contributed by atoms with van der Waals surface area (Å²) < 4.78 is 28.1. The summed E-state index contributed by atoms with van der Waals surface area (Å²) in [6.07, 6.45) is 0. The summed E-state index contributed by atoms with van der Waals surface area (Å²) in [6.45, 7) is 1.06. The molecule has 27 heavy (non-hydrogen) atoms. The first kappa shape index (κ1) is 17.2. The fourth-order valence-electron chi connectivity index (χ4n) is 2.88. The van der Waals surface area contributed by atoms with Crippen LogP contribution in [0.3, 0.4) is 0 Å². The summed E-state index contributed by atoms with van der Waals surface area (Å²) in [4.78, 5) is 22.7. The molecule has 8 nitrogen and oxygen atoms in total. The van der Waals surface area contributed by atoms with Gasteiger partial charge in [-0.15, -0.1) is 0 Å². The standard InChI is InChI=1S/C18H17N5O3S/c24-16-12-23(11-10-19-16)18-17(20-14-8-4-5-9-15(14)21-18)22-27(25,26)13-6-2-1-3-7-13/h1-9H,10-12H2,(H,19,24)(H,20,22). The van der Waals surface area contributed by atoms with Crippen LogP contribution in [-0.4, -0.2) is 43.9 Å². The normalized spacial score (nSPS) is 14.8. The first-order valence-electron chi connectivity index (χ1n) is 8.39. The lowest BCUT2D eigenvalue weighted by Crippen LogP contribution is -2.48. The van der Waals surface area contributed by atoms with Crippen LogP contribution in [0.1, 0.15) is 0 Å². The van der Waals surface area contributed by atoms with Crippen molar-refractivity contribution in [2.45, 2.75) is 4.90 Å². The van der Waals surface area contributed by atoms with Crippen LogP contribution in [0, 0.1) is 0 Å². The summed E-state index contributed by atoms with van der Waals surface area (Å²) in [5.41, 5.74) is 1.19. The molecular weight excluding hydrogens is 366 g/mol. The van der Waals surface area contributed by atoms with E-state index in [1.54, 1.807) is 41.3 Å². The number of nitrogens with zero attached hydrogens (tertiary/aromatic N) is 3. The molecule has 3 aromatic rings. The number of sulfonamides is 1. The van der Waals surface area contributed by atoms with E-state index in [1.165, 1.54) is 12.1 Å². The third-order valence-electron chi connectivity index (χ3n) is 4.17. The molecule has 0 saturated carbocycles. The molecule has 9 heteroatoms. The monoisotopic (exact) mass is 383 g/mol. The van der Waals surface area contributed by atoms with Gasteiger partial charge in [0.05, 0.1) is 22.5 Å². The maximum atomic E-state index is 12.8. The minimum absolute atomic E-state index is 0.0904. The average Bonchev–Trinajstić information content (AvgIpc) is 2.68. The zero-order valence-electron chi connectivity index (χ0n) is 14.3. The summed E-state index contributed by atoms with van der Waals surface area (Å²) in [6, 6.07) is 15.2. The molecule has 0 radical (unpaired) electrons. The van der Waals surface area contributed by atoms with Crippen molar-refractivity contribution in [3.8, 4) is 0 Å². The molecule has 0 aliphatic carbocycles.